The standard InChI is InChI=1S/C12H14BrN3O2/c13-11-9(5-7-17-11)12-16-15-10(18-12)2-1-6-14-8-3-4-8/h5,7-8,14H,1-4,6H2. The van der Waals surface area contributed by atoms with E-state index in [2.05, 4.69) is 31.4 Å². The first-order valence-corrected chi connectivity index (χ1v) is 6.91. The van der Waals surface area contributed by atoms with Crippen LogP contribution in [0.25, 0.3) is 11.5 Å². The van der Waals surface area contributed by atoms with E-state index in [4.69, 9.17) is 8.83 Å². The van der Waals surface area contributed by atoms with Crippen molar-refractivity contribution in [2.75, 3.05) is 6.54 Å². The smallest absolute Gasteiger partial charge is 0.252 e. The molecule has 96 valence electrons. The van der Waals surface area contributed by atoms with Gasteiger partial charge in [0.05, 0.1) is 11.8 Å². The molecule has 0 bridgehead atoms. The van der Waals surface area contributed by atoms with Gasteiger partial charge in [-0.05, 0) is 47.8 Å². The highest BCUT2D eigenvalue weighted by molar-refractivity contribution is 9.10. The first-order chi connectivity index (χ1) is 8.83. The summed E-state index contributed by atoms with van der Waals surface area (Å²) in [6.07, 6.45) is 6.05. The van der Waals surface area contributed by atoms with E-state index in [1.807, 2.05) is 0 Å². The number of hydrogen-bond acceptors (Lipinski definition) is 5. The van der Waals surface area contributed by atoms with Gasteiger partial charge < -0.3 is 14.2 Å². The third-order valence-electron chi connectivity index (χ3n) is 2.89. The molecule has 0 amide bonds. The van der Waals surface area contributed by atoms with Gasteiger partial charge in [-0.1, -0.05) is 0 Å². The van der Waals surface area contributed by atoms with Crippen LogP contribution in [0, 0.1) is 0 Å². The largest absolute Gasteiger partial charge is 0.457 e. The zero-order valence-corrected chi connectivity index (χ0v) is 11.4. The maximum atomic E-state index is 5.59. The van der Waals surface area contributed by atoms with Gasteiger partial charge in [-0.2, -0.15) is 0 Å². The van der Waals surface area contributed by atoms with Crippen LogP contribution in [0.3, 0.4) is 0 Å². The van der Waals surface area contributed by atoms with E-state index in [9.17, 15) is 0 Å². The van der Waals surface area contributed by atoms with Crippen LogP contribution < -0.4 is 5.32 Å². The van der Waals surface area contributed by atoms with Gasteiger partial charge in [0.25, 0.3) is 5.89 Å². The molecule has 1 N–H and O–H groups in total. The Bertz CT molecular complexity index is 519. The summed E-state index contributed by atoms with van der Waals surface area (Å²) < 4.78 is 11.3. The molecular formula is C12H14BrN3O2. The second-order valence-corrected chi connectivity index (χ2v) is 5.16. The van der Waals surface area contributed by atoms with Crippen molar-refractivity contribution >= 4 is 15.9 Å². The number of rotatable bonds is 6. The van der Waals surface area contributed by atoms with Crippen molar-refractivity contribution in [3.8, 4) is 11.5 Å². The molecule has 0 aliphatic heterocycles. The summed E-state index contributed by atoms with van der Waals surface area (Å²) in [5, 5.41) is 11.5. The van der Waals surface area contributed by atoms with Crippen LogP contribution >= 0.6 is 15.9 Å². The molecule has 2 aromatic rings. The minimum Gasteiger partial charge on any atom is -0.457 e. The molecule has 0 saturated heterocycles. The maximum Gasteiger partial charge on any atom is 0.252 e. The van der Waals surface area contributed by atoms with Gasteiger partial charge in [-0.25, -0.2) is 0 Å². The topological polar surface area (TPSA) is 64.1 Å². The average molecular weight is 312 g/mol. The molecule has 1 aliphatic carbocycles. The van der Waals surface area contributed by atoms with Crippen LogP contribution in [0.1, 0.15) is 25.2 Å². The normalized spacial score (nSPS) is 15.2. The Balaban J connectivity index is 1.54. The first-order valence-electron chi connectivity index (χ1n) is 6.12. The van der Waals surface area contributed by atoms with Gasteiger partial charge in [0.15, 0.2) is 4.67 Å². The zero-order chi connectivity index (χ0) is 12.4. The highest BCUT2D eigenvalue weighted by Crippen LogP contribution is 2.28. The number of aryl methyl sites for hydroxylation is 1. The molecule has 1 fully saturated rings. The van der Waals surface area contributed by atoms with Crippen molar-refractivity contribution < 1.29 is 8.83 Å². The Hall–Kier alpha value is -1.14. The lowest BCUT2D eigenvalue weighted by Gasteiger charge is -1.99. The Labute approximate surface area is 113 Å². The Morgan fingerprint density at radius 3 is 3.00 bits per heavy atom. The molecule has 2 aromatic heterocycles. The Morgan fingerprint density at radius 1 is 1.39 bits per heavy atom. The fourth-order valence-electron chi connectivity index (χ4n) is 1.74. The molecule has 0 radical (unpaired) electrons. The molecule has 0 spiro atoms. The lowest BCUT2D eigenvalue weighted by atomic mass is 10.3. The van der Waals surface area contributed by atoms with Crippen molar-refractivity contribution in [1.82, 2.24) is 15.5 Å². The lowest BCUT2D eigenvalue weighted by molar-refractivity contribution is 0.488. The van der Waals surface area contributed by atoms with E-state index < -0.39 is 0 Å². The minimum atomic E-state index is 0.501. The summed E-state index contributed by atoms with van der Waals surface area (Å²) in [6, 6.07) is 2.56. The molecule has 2 heterocycles. The van der Waals surface area contributed by atoms with Crippen molar-refractivity contribution in [2.24, 2.45) is 0 Å². The summed E-state index contributed by atoms with van der Waals surface area (Å²) in [5.41, 5.74) is 0.796. The van der Waals surface area contributed by atoms with Crippen LogP contribution in [0.4, 0.5) is 0 Å². The van der Waals surface area contributed by atoms with Crippen molar-refractivity contribution in [2.45, 2.75) is 31.7 Å². The van der Waals surface area contributed by atoms with Gasteiger partial charge >= 0.3 is 0 Å². The zero-order valence-electron chi connectivity index (χ0n) is 9.86. The molecule has 0 aromatic carbocycles. The first kappa shape index (κ1) is 11.9. The second-order valence-electron chi connectivity index (χ2n) is 4.44. The molecule has 6 heteroatoms. The Morgan fingerprint density at radius 2 is 2.28 bits per heavy atom. The van der Waals surface area contributed by atoms with Gasteiger partial charge in [-0.15, -0.1) is 10.2 Å². The molecule has 0 atom stereocenters. The van der Waals surface area contributed by atoms with Gasteiger partial charge in [-0.3, -0.25) is 0 Å². The van der Waals surface area contributed by atoms with E-state index in [0.29, 0.717) is 16.5 Å². The van der Waals surface area contributed by atoms with Crippen molar-refractivity contribution in [3.63, 3.8) is 0 Å². The van der Waals surface area contributed by atoms with E-state index in [0.717, 1.165) is 31.0 Å². The lowest BCUT2D eigenvalue weighted by Crippen LogP contribution is -2.17. The number of nitrogens with one attached hydrogen (secondary N) is 1. The molecule has 1 aliphatic rings. The molecule has 0 unspecified atom stereocenters. The summed E-state index contributed by atoms with van der Waals surface area (Å²) >= 11 is 3.29. The third kappa shape index (κ3) is 2.81. The van der Waals surface area contributed by atoms with Crippen LogP contribution in [0.2, 0.25) is 0 Å². The summed E-state index contributed by atoms with van der Waals surface area (Å²) in [4.78, 5) is 0. The quantitative estimate of drug-likeness (QED) is 0.831. The van der Waals surface area contributed by atoms with E-state index in [1.54, 1.807) is 12.3 Å². The van der Waals surface area contributed by atoms with Crippen molar-refractivity contribution in [3.05, 3.63) is 22.9 Å². The van der Waals surface area contributed by atoms with E-state index in [1.165, 1.54) is 12.8 Å². The molecule has 3 rings (SSSR count). The fourth-order valence-corrected chi connectivity index (χ4v) is 2.15. The molecule has 5 nitrogen and oxygen atoms in total. The van der Waals surface area contributed by atoms with Crippen LogP contribution in [-0.2, 0) is 6.42 Å². The Kier molecular flexibility index (Phi) is 3.47. The SMILES string of the molecule is Brc1occc1-c1nnc(CCCNC2CC2)o1. The van der Waals surface area contributed by atoms with Gasteiger partial charge in [0.1, 0.15) is 0 Å². The fraction of sp³-hybridized carbons (Fsp3) is 0.500. The van der Waals surface area contributed by atoms with Gasteiger partial charge in [0.2, 0.25) is 5.89 Å². The minimum absolute atomic E-state index is 0.501. The van der Waals surface area contributed by atoms with Crippen molar-refractivity contribution in [1.29, 1.82) is 0 Å². The number of halogens is 1. The molecule has 1 saturated carbocycles. The van der Waals surface area contributed by atoms with Gasteiger partial charge in [0, 0.05) is 12.5 Å². The van der Waals surface area contributed by atoms with E-state index >= 15 is 0 Å². The molecule has 18 heavy (non-hydrogen) atoms. The summed E-state index contributed by atoms with van der Waals surface area (Å²) in [6.45, 7) is 1.01. The summed E-state index contributed by atoms with van der Waals surface area (Å²) in [5.74, 6) is 1.18. The maximum absolute atomic E-state index is 5.59. The van der Waals surface area contributed by atoms with Crippen LogP contribution in [-0.4, -0.2) is 22.8 Å². The third-order valence-corrected chi connectivity index (χ3v) is 3.51. The monoisotopic (exact) mass is 311 g/mol. The van der Waals surface area contributed by atoms with Crippen LogP contribution in [0.15, 0.2) is 25.8 Å². The number of hydrogen-bond donors (Lipinski definition) is 1. The predicted octanol–water partition coefficient (Wildman–Crippen LogP) is 2.78. The number of nitrogens with zero attached hydrogens (tertiary/aromatic N) is 2. The second kappa shape index (κ2) is 5.24. The predicted molar refractivity (Wildman–Crippen MR) is 69.0 cm³/mol. The average Bonchev–Trinajstić information content (AvgIpc) is 2.90. The summed E-state index contributed by atoms with van der Waals surface area (Å²) in [7, 11) is 0. The van der Waals surface area contributed by atoms with Crippen LogP contribution in [0.5, 0.6) is 0 Å². The number of aromatic nitrogens is 2. The molecular weight excluding hydrogens is 298 g/mol. The number of furan rings is 1. The van der Waals surface area contributed by atoms with E-state index in [-0.39, 0.29) is 0 Å². The highest BCUT2D eigenvalue weighted by atomic mass is 79.9. The highest BCUT2D eigenvalue weighted by Gasteiger charge is 2.19.